The fourth-order valence-corrected chi connectivity index (χ4v) is 7.33. The summed E-state index contributed by atoms with van der Waals surface area (Å²) in [5.74, 6) is 6.22. The summed E-state index contributed by atoms with van der Waals surface area (Å²) in [4.78, 5) is 0. The second-order valence-electron chi connectivity index (χ2n) is 11.2. The topological polar surface area (TPSA) is 0 Å². The predicted molar refractivity (Wildman–Crippen MR) is 120 cm³/mol. The minimum Gasteiger partial charge on any atom is -0.0625 e. The Morgan fingerprint density at radius 3 is 1.33 bits per heavy atom. The van der Waals surface area contributed by atoms with Crippen LogP contribution in [-0.4, -0.2) is 0 Å². The Balaban J connectivity index is 1.61. The van der Waals surface area contributed by atoms with Crippen LogP contribution in [0.3, 0.4) is 0 Å². The van der Waals surface area contributed by atoms with Gasteiger partial charge in [0.05, 0.1) is 0 Å². The van der Waals surface area contributed by atoms with Crippen LogP contribution in [0, 0.1) is 35.5 Å². The van der Waals surface area contributed by atoms with Crippen molar-refractivity contribution in [1.29, 1.82) is 0 Å². The van der Waals surface area contributed by atoms with E-state index < -0.39 is 0 Å². The Labute approximate surface area is 171 Å². The SMILES string of the molecule is CC1CCCCC(C2CCCCC2)CCCC(C2CCCCC2)CC(C)C1. The Morgan fingerprint density at radius 2 is 0.741 bits per heavy atom. The molecule has 0 aromatic carbocycles. The van der Waals surface area contributed by atoms with Crippen LogP contribution in [0.1, 0.15) is 136 Å². The first-order chi connectivity index (χ1) is 13.2. The van der Waals surface area contributed by atoms with Gasteiger partial charge in [0.2, 0.25) is 0 Å². The molecule has 0 heterocycles. The van der Waals surface area contributed by atoms with Crippen molar-refractivity contribution in [3.8, 4) is 0 Å². The maximum absolute atomic E-state index is 2.58. The molecule has 0 spiro atoms. The van der Waals surface area contributed by atoms with Gasteiger partial charge in [0.1, 0.15) is 0 Å². The number of hydrogen-bond acceptors (Lipinski definition) is 0. The van der Waals surface area contributed by atoms with Gasteiger partial charge in [-0.25, -0.2) is 0 Å². The zero-order chi connectivity index (χ0) is 18.9. The van der Waals surface area contributed by atoms with Crippen molar-refractivity contribution in [2.75, 3.05) is 0 Å². The van der Waals surface area contributed by atoms with E-state index in [0.717, 1.165) is 35.5 Å². The lowest BCUT2D eigenvalue weighted by molar-refractivity contribution is 0.177. The molecule has 0 saturated heterocycles. The van der Waals surface area contributed by atoms with Crippen LogP contribution in [0.4, 0.5) is 0 Å². The van der Waals surface area contributed by atoms with Crippen molar-refractivity contribution in [3.05, 3.63) is 0 Å². The monoisotopic (exact) mass is 374 g/mol. The lowest BCUT2D eigenvalue weighted by Crippen LogP contribution is -2.22. The molecule has 0 heteroatoms. The molecule has 3 rings (SSSR count). The largest absolute Gasteiger partial charge is 0.0625 e. The molecule has 3 aliphatic carbocycles. The van der Waals surface area contributed by atoms with Crippen molar-refractivity contribution >= 4 is 0 Å². The number of rotatable bonds is 2. The Hall–Kier alpha value is 0. The van der Waals surface area contributed by atoms with E-state index in [9.17, 15) is 0 Å². The van der Waals surface area contributed by atoms with E-state index in [1.165, 1.54) is 64.2 Å². The first-order valence-electron chi connectivity index (χ1n) is 13.2. The predicted octanol–water partition coefficient (Wildman–Crippen LogP) is 9.18. The van der Waals surface area contributed by atoms with E-state index in [-0.39, 0.29) is 0 Å². The first kappa shape index (κ1) is 21.7. The molecule has 3 aliphatic rings. The average molecular weight is 375 g/mol. The van der Waals surface area contributed by atoms with Crippen LogP contribution in [0.2, 0.25) is 0 Å². The fourth-order valence-electron chi connectivity index (χ4n) is 7.33. The van der Waals surface area contributed by atoms with Crippen molar-refractivity contribution in [2.24, 2.45) is 35.5 Å². The molecule has 3 fully saturated rings. The van der Waals surface area contributed by atoms with Gasteiger partial charge in [-0.05, 0) is 48.3 Å². The van der Waals surface area contributed by atoms with Crippen LogP contribution < -0.4 is 0 Å². The summed E-state index contributed by atoms with van der Waals surface area (Å²) in [5, 5.41) is 0. The van der Waals surface area contributed by atoms with E-state index in [1.807, 2.05) is 0 Å². The molecule has 0 aliphatic heterocycles. The second-order valence-corrected chi connectivity index (χ2v) is 11.2. The van der Waals surface area contributed by atoms with E-state index in [0.29, 0.717) is 0 Å². The third kappa shape index (κ3) is 7.40. The van der Waals surface area contributed by atoms with Gasteiger partial charge >= 0.3 is 0 Å². The highest BCUT2D eigenvalue weighted by Crippen LogP contribution is 2.40. The van der Waals surface area contributed by atoms with Gasteiger partial charge in [0.25, 0.3) is 0 Å². The highest BCUT2D eigenvalue weighted by Gasteiger charge is 2.28. The second kappa shape index (κ2) is 11.9. The van der Waals surface area contributed by atoms with Crippen LogP contribution in [-0.2, 0) is 0 Å². The first-order valence-corrected chi connectivity index (χ1v) is 13.2. The standard InChI is InChI=1S/C27H50/c1-22-12-9-10-17-25(24-13-5-3-6-14-24)18-11-19-27(21-23(2)20-22)26-15-7-4-8-16-26/h22-27H,3-21H2,1-2H3. The summed E-state index contributed by atoms with van der Waals surface area (Å²) < 4.78 is 0. The molecule has 27 heavy (non-hydrogen) atoms. The van der Waals surface area contributed by atoms with Gasteiger partial charge in [0, 0.05) is 0 Å². The maximum atomic E-state index is 2.58. The van der Waals surface area contributed by atoms with Gasteiger partial charge in [0.15, 0.2) is 0 Å². The normalized spacial score (nSPS) is 37.1. The Kier molecular flexibility index (Phi) is 9.54. The summed E-state index contributed by atoms with van der Waals surface area (Å²) in [7, 11) is 0. The maximum Gasteiger partial charge on any atom is -0.0383 e. The molecule has 0 amide bonds. The summed E-state index contributed by atoms with van der Waals surface area (Å²) in [6.07, 6.45) is 29.2. The third-order valence-electron chi connectivity index (χ3n) is 8.81. The van der Waals surface area contributed by atoms with Gasteiger partial charge in [-0.2, -0.15) is 0 Å². The van der Waals surface area contributed by atoms with E-state index in [1.54, 1.807) is 57.8 Å². The molecular weight excluding hydrogens is 324 g/mol. The average Bonchev–Trinajstić information content (AvgIpc) is 2.71. The van der Waals surface area contributed by atoms with Crippen LogP contribution in [0.15, 0.2) is 0 Å². The van der Waals surface area contributed by atoms with Crippen molar-refractivity contribution in [3.63, 3.8) is 0 Å². The summed E-state index contributed by atoms with van der Waals surface area (Å²) >= 11 is 0. The molecule has 4 unspecified atom stereocenters. The Bertz CT molecular complexity index is 373. The van der Waals surface area contributed by atoms with E-state index in [2.05, 4.69) is 13.8 Å². The summed E-state index contributed by atoms with van der Waals surface area (Å²) in [5.41, 5.74) is 0. The quantitative estimate of drug-likeness (QED) is 0.452. The van der Waals surface area contributed by atoms with Crippen molar-refractivity contribution in [1.82, 2.24) is 0 Å². The van der Waals surface area contributed by atoms with Crippen LogP contribution >= 0.6 is 0 Å². The zero-order valence-corrected chi connectivity index (χ0v) is 18.9. The van der Waals surface area contributed by atoms with Crippen molar-refractivity contribution < 1.29 is 0 Å². The highest BCUT2D eigenvalue weighted by atomic mass is 14.3. The molecule has 3 saturated carbocycles. The van der Waals surface area contributed by atoms with Gasteiger partial charge in [-0.15, -0.1) is 0 Å². The molecule has 158 valence electrons. The summed E-state index contributed by atoms with van der Waals surface area (Å²) in [6, 6.07) is 0. The smallest absolute Gasteiger partial charge is 0.0383 e. The molecule has 0 aromatic heterocycles. The van der Waals surface area contributed by atoms with Crippen LogP contribution in [0.25, 0.3) is 0 Å². The third-order valence-corrected chi connectivity index (χ3v) is 8.81. The van der Waals surface area contributed by atoms with Crippen molar-refractivity contribution in [2.45, 2.75) is 136 Å². The van der Waals surface area contributed by atoms with E-state index in [4.69, 9.17) is 0 Å². The fraction of sp³-hybridized carbons (Fsp3) is 1.00. The molecule has 4 atom stereocenters. The molecule has 0 nitrogen and oxygen atoms in total. The minimum absolute atomic E-state index is 0.959. The molecule has 0 radical (unpaired) electrons. The van der Waals surface area contributed by atoms with Gasteiger partial charge < -0.3 is 0 Å². The highest BCUT2D eigenvalue weighted by molar-refractivity contribution is 4.79. The number of hydrogen-bond donors (Lipinski definition) is 0. The molecular formula is C27H50. The molecule has 0 N–H and O–H groups in total. The summed E-state index contributed by atoms with van der Waals surface area (Å²) in [6.45, 7) is 5.13. The van der Waals surface area contributed by atoms with Crippen LogP contribution in [0.5, 0.6) is 0 Å². The Morgan fingerprint density at radius 1 is 0.333 bits per heavy atom. The molecule has 0 bridgehead atoms. The zero-order valence-electron chi connectivity index (χ0n) is 18.9. The van der Waals surface area contributed by atoms with Gasteiger partial charge in [-0.3, -0.25) is 0 Å². The minimum atomic E-state index is 0.959. The lowest BCUT2D eigenvalue weighted by atomic mass is 9.72. The lowest BCUT2D eigenvalue weighted by Gasteiger charge is -2.34. The molecule has 0 aromatic rings. The van der Waals surface area contributed by atoms with Gasteiger partial charge in [-0.1, -0.05) is 123 Å². The van der Waals surface area contributed by atoms with E-state index >= 15 is 0 Å².